The Bertz CT molecular complexity index is 2110. The number of aliphatic hydroxyl groups excluding tert-OH is 1. The molecule has 3 amide bonds. The zero-order chi connectivity index (χ0) is 45.1. The van der Waals surface area contributed by atoms with Gasteiger partial charge in [0.2, 0.25) is 11.8 Å². The maximum Gasteiger partial charge on any atom is 0.407 e. The second-order valence-corrected chi connectivity index (χ2v) is 17.0. The summed E-state index contributed by atoms with van der Waals surface area (Å²) >= 11 is 0. The van der Waals surface area contributed by atoms with Crippen molar-refractivity contribution in [2.75, 3.05) is 19.8 Å². The van der Waals surface area contributed by atoms with Gasteiger partial charge in [0, 0.05) is 12.3 Å². The molecule has 0 aromatic heterocycles. The summed E-state index contributed by atoms with van der Waals surface area (Å²) in [6.07, 6.45) is 9.74. The van der Waals surface area contributed by atoms with Crippen LogP contribution < -0.4 is 20.7 Å². The molecule has 11 nitrogen and oxygen atoms in total. The second-order valence-electron chi connectivity index (χ2n) is 17.0. The van der Waals surface area contributed by atoms with Crippen LogP contribution in [-0.2, 0) is 36.9 Å². The SMILES string of the molecule is C=CCC[C@H](NC(=O)OCC1c2ccccc2-c2ccccc21)C(=O)OC[C@H](CC1CCCCC1)NC(=O)[C@H](CC=C)CC(=O)N[C@H](CO)Cc1ccc(OCc2ccccc2)cc1. The third-order valence-electron chi connectivity index (χ3n) is 12.2. The molecule has 2 aliphatic carbocycles. The van der Waals surface area contributed by atoms with Crippen LogP contribution in [0.15, 0.2) is 128 Å². The van der Waals surface area contributed by atoms with Gasteiger partial charge in [-0.2, -0.15) is 0 Å². The summed E-state index contributed by atoms with van der Waals surface area (Å²) in [5.41, 5.74) is 6.36. The number of carbonyl (C=O) groups excluding carboxylic acids is 4. The molecule has 6 rings (SSSR count). The van der Waals surface area contributed by atoms with Crippen molar-refractivity contribution in [2.45, 2.75) is 101 Å². The van der Waals surface area contributed by atoms with Crippen molar-refractivity contribution in [3.8, 4) is 16.9 Å². The number of allylic oxidation sites excluding steroid dienone is 2. The standard InChI is InChI=1S/C53H63N3O8/c1-3-5-25-49(56-53(61)64-36-48-46-23-14-12-21-44(46)45-22-13-15-24-47(45)48)52(60)63-35-42(31-37-17-8-6-9-18-37)55-51(59)40(16-4-2)32-50(58)54-41(33-57)30-38-26-28-43(29-27-38)62-34-39-19-10-7-11-20-39/h3-4,7,10-15,19-24,26-29,37,40-42,48-49,57H,1-2,5-6,8-9,16-18,25,30-36H2,(H,54,58)(H,55,59)(H,56,61)/t40-,41+,42+,49+/m1/s1. The number of benzene rings is 4. The highest BCUT2D eigenvalue weighted by Crippen LogP contribution is 2.44. The van der Waals surface area contributed by atoms with Gasteiger partial charge in [0.05, 0.1) is 24.6 Å². The summed E-state index contributed by atoms with van der Waals surface area (Å²) in [4.78, 5) is 54.2. The van der Waals surface area contributed by atoms with Crippen LogP contribution in [0.3, 0.4) is 0 Å². The van der Waals surface area contributed by atoms with Crippen LogP contribution in [0.25, 0.3) is 11.1 Å². The van der Waals surface area contributed by atoms with Crippen LogP contribution >= 0.6 is 0 Å². The van der Waals surface area contributed by atoms with E-state index in [0.29, 0.717) is 37.5 Å². The zero-order valence-corrected chi connectivity index (χ0v) is 36.8. The predicted molar refractivity (Wildman–Crippen MR) is 248 cm³/mol. The second kappa shape index (κ2) is 24.6. The lowest BCUT2D eigenvalue weighted by Crippen LogP contribution is -2.47. The smallest absolute Gasteiger partial charge is 0.407 e. The number of hydrogen-bond donors (Lipinski definition) is 4. The zero-order valence-electron chi connectivity index (χ0n) is 36.8. The van der Waals surface area contributed by atoms with Crippen molar-refractivity contribution in [3.05, 3.63) is 151 Å². The number of alkyl carbamates (subject to hydrolysis) is 1. The quantitative estimate of drug-likeness (QED) is 0.0403. The number of fused-ring (bicyclic) bond motifs is 3. The van der Waals surface area contributed by atoms with E-state index in [1.54, 1.807) is 12.2 Å². The van der Waals surface area contributed by atoms with Gasteiger partial charge in [0.25, 0.3) is 0 Å². The van der Waals surface area contributed by atoms with E-state index in [9.17, 15) is 24.3 Å². The molecule has 0 heterocycles. The van der Waals surface area contributed by atoms with Gasteiger partial charge in [-0.1, -0.05) is 135 Å². The van der Waals surface area contributed by atoms with Crippen molar-refractivity contribution < 1.29 is 38.5 Å². The van der Waals surface area contributed by atoms with Gasteiger partial charge in [-0.3, -0.25) is 9.59 Å². The van der Waals surface area contributed by atoms with Gasteiger partial charge in [-0.15, -0.1) is 13.2 Å². The number of hydrogen-bond acceptors (Lipinski definition) is 8. The van der Waals surface area contributed by atoms with E-state index in [2.05, 4.69) is 41.2 Å². The predicted octanol–water partition coefficient (Wildman–Crippen LogP) is 8.74. The minimum atomic E-state index is -0.998. The minimum Gasteiger partial charge on any atom is -0.489 e. The monoisotopic (exact) mass is 869 g/mol. The molecule has 338 valence electrons. The van der Waals surface area contributed by atoms with Gasteiger partial charge >= 0.3 is 12.1 Å². The van der Waals surface area contributed by atoms with Crippen LogP contribution in [-0.4, -0.2) is 66.9 Å². The lowest BCUT2D eigenvalue weighted by atomic mass is 9.84. The molecule has 4 aromatic carbocycles. The first-order valence-electron chi connectivity index (χ1n) is 22.7. The molecule has 0 saturated heterocycles. The molecular formula is C53H63N3O8. The van der Waals surface area contributed by atoms with Crippen LogP contribution in [0, 0.1) is 11.8 Å². The third-order valence-corrected chi connectivity index (χ3v) is 12.2. The molecule has 2 aliphatic rings. The summed E-state index contributed by atoms with van der Waals surface area (Å²) in [6, 6.07) is 31.5. The molecule has 0 spiro atoms. The molecule has 11 heteroatoms. The van der Waals surface area contributed by atoms with E-state index < -0.39 is 36.1 Å². The van der Waals surface area contributed by atoms with Crippen molar-refractivity contribution in [1.29, 1.82) is 0 Å². The molecule has 64 heavy (non-hydrogen) atoms. The normalized spacial score (nSPS) is 15.3. The number of rotatable bonds is 24. The summed E-state index contributed by atoms with van der Waals surface area (Å²) in [6.45, 7) is 7.78. The third kappa shape index (κ3) is 13.9. The fourth-order valence-corrected chi connectivity index (χ4v) is 8.82. The Morgan fingerprint density at radius 3 is 2.06 bits per heavy atom. The van der Waals surface area contributed by atoms with E-state index in [4.69, 9.17) is 14.2 Å². The van der Waals surface area contributed by atoms with Crippen LogP contribution in [0.4, 0.5) is 4.79 Å². The Balaban J connectivity index is 1.02. The summed E-state index contributed by atoms with van der Waals surface area (Å²) in [5, 5.41) is 18.9. The van der Waals surface area contributed by atoms with Gasteiger partial charge in [0.1, 0.15) is 31.6 Å². The molecule has 0 bridgehead atoms. The maximum atomic E-state index is 13.9. The Morgan fingerprint density at radius 1 is 0.734 bits per heavy atom. The average Bonchev–Trinajstić information content (AvgIpc) is 3.64. The highest BCUT2D eigenvalue weighted by Gasteiger charge is 2.31. The Hall–Kier alpha value is -6.20. The van der Waals surface area contributed by atoms with Gasteiger partial charge in [-0.25, -0.2) is 9.59 Å². The minimum absolute atomic E-state index is 0.0999. The van der Waals surface area contributed by atoms with Crippen LogP contribution in [0.5, 0.6) is 5.75 Å². The van der Waals surface area contributed by atoms with E-state index >= 15 is 0 Å². The Kier molecular flexibility index (Phi) is 18.2. The van der Waals surface area contributed by atoms with E-state index in [1.807, 2.05) is 91.0 Å². The summed E-state index contributed by atoms with van der Waals surface area (Å²) < 4.78 is 17.5. The fraction of sp³-hybridized carbons (Fsp3) is 0.396. The molecule has 0 aliphatic heterocycles. The molecule has 4 atom stereocenters. The van der Waals surface area contributed by atoms with Gasteiger partial charge in [0.15, 0.2) is 0 Å². The Morgan fingerprint density at radius 2 is 1.41 bits per heavy atom. The lowest BCUT2D eigenvalue weighted by Gasteiger charge is -2.29. The topological polar surface area (TPSA) is 152 Å². The lowest BCUT2D eigenvalue weighted by molar-refractivity contribution is -0.148. The maximum absolute atomic E-state index is 13.9. The van der Waals surface area contributed by atoms with Crippen molar-refractivity contribution >= 4 is 23.9 Å². The average molecular weight is 870 g/mol. The highest BCUT2D eigenvalue weighted by atomic mass is 16.6. The van der Waals surface area contributed by atoms with Crippen molar-refractivity contribution in [2.24, 2.45) is 11.8 Å². The van der Waals surface area contributed by atoms with Gasteiger partial charge < -0.3 is 35.3 Å². The fourth-order valence-electron chi connectivity index (χ4n) is 8.82. The van der Waals surface area contributed by atoms with E-state index in [0.717, 1.165) is 65.5 Å². The van der Waals surface area contributed by atoms with E-state index in [1.165, 1.54) is 0 Å². The molecule has 1 saturated carbocycles. The molecule has 4 aromatic rings. The van der Waals surface area contributed by atoms with Crippen LogP contribution in [0.2, 0.25) is 0 Å². The number of aliphatic hydroxyl groups is 1. The number of carbonyl (C=O) groups is 4. The molecule has 0 unspecified atom stereocenters. The van der Waals surface area contributed by atoms with Crippen molar-refractivity contribution in [3.63, 3.8) is 0 Å². The number of ether oxygens (including phenoxy) is 3. The number of esters is 1. The van der Waals surface area contributed by atoms with E-state index in [-0.39, 0.29) is 56.8 Å². The number of amides is 3. The highest BCUT2D eigenvalue weighted by molar-refractivity contribution is 5.86. The number of nitrogens with one attached hydrogen (secondary N) is 3. The molecule has 1 fully saturated rings. The van der Waals surface area contributed by atoms with Gasteiger partial charge in [-0.05, 0) is 83.5 Å². The summed E-state index contributed by atoms with van der Waals surface area (Å²) in [7, 11) is 0. The largest absolute Gasteiger partial charge is 0.489 e. The van der Waals surface area contributed by atoms with Crippen LogP contribution in [0.1, 0.15) is 92.4 Å². The first-order chi connectivity index (χ1) is 31.2. The Labute approximate surface area is 377 Å². The molecule has 4 N–H and O–H groups in total. The molecular weight excluding hydrogens is 807 g/mol. The molecule has 0 radical (unpaired) electrons. The van der Waals surface area contributed by atoms with Crippen molar-refractivity contribution in [1.82, 2.24) is 16.0 Å². The summed E-state index contributed by atoms with van der Waals surface area (Å²) in [5.74, 6) is -1.18. The first-order valence-corrected chi connectivity index (χ1v) is 22.7. The first kappa shape index (κ1) is 47.3.